The summed E-state index contributed by atoms with van der Waals surface area (Å²) in [5.41, 5.74) is 3.73. The highest BCUT2D eigenvalue weighted by atomic mass is 32.1. The predicted octanol–water partition coefficient (Wildman–Crippen LogP) is 4.60. The first kappa shape index (κ1) is 21.4. The van der Waals surface area contributed by atoms with Gasteiger partial charge >= 0.3 is 0 Å². The molecule has 0 saturated heterocycles. The molecule has 0 atom stereocenters. The lowest BCUT2D eigenvalue weighted by molar-refractivity contribution is 0.355. The quantitative estimate of drug-likeness (QED) is 0.393. The van der Waals surface area contributed by atoms with Crippen LogP contribution in [0.25, 0.3) is 11.3 Å². The zero-order valence-corrected chi connectivity index (χ0v) is 18.4. The molecule has 156 valence electrons. The van der Waals surface area contributed by atoms with Gasteiger partial charge in [-0.3, -0.25) is 4.99 Å². The van der Waals surface area contributed by atoms with Crippen LogP contribution in [-0.4, -0.2) is 38.3 Å². The van der Waals surface area contributed by atoms with Crippen LogP contribution in [0.5, 0.6) is 17.2 Å². The van der Waals surface area contributed by atoms with Gasteiger partial charge in [-0.25, -0.2) is 4.68 Å². The molecule has 0 bridgehead atoms. The minimum absolute atomic E-state index is 0.521. The molecule has 7 heteroatoms. The molecular weight excluding hydrogens is 398 g/mol. The normalized spacial score (nSPS) is 12.0. The number of nitrogens with zero attached hydrogens (tertiary/aromatic N) is 3. The van der Waals surface area contributed by atoms with Crippen molar-refractivity contribution in [3.8, 4) is 28.5 Å². The molecule has 0 aliphatic carbocycles. The number of thiazole rings is 1. The van der Waals surface area contributed by atoms with Crippen LogP contribution < -0.4 is 19.0 Å². The second kappa shape index (κ2) is 9.93. The molecule has 0 aliphatic heterocycles. The Morgan fingerprint density at radius 1 is 1.03 bits per heavy atom. The van der Waals surface area contributed by atoms with E-state index in [1.807, 2.05) is 54.1 Å². The van der Waals surface area contributed by atoms with Crippen molar-refractivity contribution in [3.63, 3.8) is 0 Å². The summed E-state index contributed by atoms with van der Waals surface area (Å²) >= 11 is 1.54. The Hall–Kier alpha value is -3.32. The Bertz CT molecular complexity index is 1110. The van der Waals surface area contributed by atoms with Gasteiger partial charge in [0.05, 0.1) is 39.3 Å². The first-order valence-electron chi connectivity index (χ1n) is 9.35. The molecule has 0 fully saturated rings. The molecular formula is C23H25N3O3S. The van der Waals surface area contributed by atoms with Crippen LogP contribution >= 0.6 is 11.3 Å². The van der Waals surface area contributed by atoms with Gasteiger partial charge in [0.15, 0.2) is 11.5 Å². The lowest BCUT2D eigenvalue weighted by atomic mass is 10.1. The summed E-state index contributed by atoms with van der Waals surface area (Å²) in [7, 11) is 4.90. The number of ether oxygens (including phenoxy) is 3. The third-order valence-corrected chi connectivity index (χ3v) is 5.33. The molecule has 0 aliphatic rings. The summed E-state index contributed by atoms with van der Waals surface area (Å²) in [6, 6.07) is 13.6. The first-order chi connectivity index (χ1) is 14.6. The molecule has 6 nitrogen and oxygen atoms in total. The van der Waals surface area contributed by atoms with Crippen LogP contribution in [0.15, 0.2) is 70.6 Å². The highest BCUT2D eigenvalue weighted by molar-refractivity contribution is 7.07. The van der Waals surface area contributed by atoms with Crippen molar-refractivity contribution in [2.75, 3.05) is 27.9 Å². The average molecular weight is 424 g/mol. The van der Waals surface area contributed by atoms with Crippen LogP contribution in [0.1, 0.15) is 12.5 Å². The third kappa shape index (κ3) is 4.63. The molecule has 0 amide bonds. The smallest absolute Gasteiger partial charge is 0.206 e. The van der Waals surface area contributed by atoms with E-state index in [4.69, 9.17) is 19.3 Å². The number of rotatable bonds is 8. The standard InChI is InChI=1S/C23H25N3O3S/c1-6-13-24-23-26(20(15-30-23)17-7-10-19(27-3)11-8-17)25-16(2)18-9-12-21(28-4)22(14-18)29-5/h6-12,14-15H,1,13H2,2-5H3. The maximum atomic E-state index is 5.43. The van der Waals surface area contributed by atoms with Crippen molar-refractivity contribution in [1.82, 2.24) is 4.68 Å². The Kier molecular flexibility index (Phi) is 7.08. The second-order valence-corrected chi connectivity index (χ2v) is 7.16. The molecule has 0 spiro atoms. The van der Waals surface area contributed by atoms with E-state index in [2.05, 4.69) is 17.0 Å². The highest BCUT2D eigenvalue weighted by Gasteiger charge is 2.11. The molecule has 3 aromatic rings. The van der Waals surface area contributed by atoms with E-state index in [0.717, 1.165) is 33.1 Å². The zero-order chi connectivity index (χ0) is 21.5. The fourth-order valence-electron chi connectivity index (χ4n) is 2.88. The van der Waals surface area contributed by atoms with Crippen molar-refractivity contribution in [1.29, 1.82) is 0 Å². The van der Waals surface area contributed by atoms with E-state index in [1.165, 1.54) is 11.3 Å². The van der Waals surface area contributed by atoms with Gasteiger partial charge < -0.3 is 14.2 Å². The zero-order valence-electron chi connectivity index (χ0n) is 17.6. The fourth-order valence-corrected chi connectivity index (χ4v) is 3.72. The molecule has 0 saturated carbocycles. The summed E-state index contributed by atoms with van der Waals surface area (Å²) < 4.78 is 17.9. The van der Waals surface area contributed by atoms with Gasteiger partial charge in [0, 0.05) is 16.5 Å². The van der Waals surface area contributed by atoms with E-state index < -0.39 is 0 Å². The van der Waals surface area contributed by atoms with E-state index >= 15 is 0 Å². The van der Waals surface area contributed by atoms with Gasteiger partial charge in [-0.05, 0) is 49.4 Å². The molecule has 1 heterocycles. The highest BCUT2D eigenvalue weighted by Crippen LogP contribution is 2.28. The summed E-state index contributed by atoms with van der Waals surface area (Å²) in [6.07, 6.45) is 1.77. The summed E-state index contributed by atoms with van der Waals surface area (Å²) in [5.74, 6) is 2.15. The van der Waals surface area contributed by atoms with Crippen LogP contribution in [0.4, 0.5) is 0 Å². The van der Waals surface area contributed by atoms with Gasteiger partial charge in [-0.2, -0.15) is 5.10 Å². The lowest BCUT2D eigenvalue weighted by Crippen LogP contribution is -2.14. The summed E-state index contributed by atoms with van der Waals surface area (Å²) in [6.45, 7) is 6.24. The molecule has 3 rings (SSSR count). The molecule has 1 aromatic heterocycles. The third-order valence-electron chi connectivity index (χ3n) is 4.48. The number of benzene rings is 2. The SMILES string of the molecule is C=CCN=c1scc(-c2ccc(OC)cc2)n1N=C(C)c1ccc(OC)c(OC)c1. The molecule has 2 aromatic carbocycles. The van der Waals surface area contributed by atoms with Crippen molar-refractivity contribution in [2.24, 2.45) is 10.1 Å². The fraction of sp³-hybridized carbons (Fsp3) is 0.217. The van der Waals surface area contributed by atoms with Gasteiger partial charge in [0.25, 0.3) is 0 Å². The second-order valence-electron chi connectivity index (χ2n) is 6.33. The van der Waals surface area contributed by atoms with Crippen molar-refractivity contribution >= 4 is 17.0 Å². The predicted molar refractivity (Wildman–Crippen MR) is 122 cm³/mol. The van der Waals surface area contributed by atoms with Crippen LogP contribution in [-0.2, 0) is 0 Å². The maximum absolute atomic E-state index is 5.43. The molecule has 0 N–H and O–H groups in total. The first-order valence-corrected chi connectivity index (χ1v) is 10.2. The monoisotopic (exact) mass is 423 g/mol. The van der Waals surface area contributed by atoms with Gasteiger partial charge in [0.2, 0.25) is 4.80 Å². The largest absolute Gasteiger partial charge is 0.497 e. The van der Waals surface area contributed by atoms with Crippen molar-refractivity contribution in [2.45, 2.75) is 6.92 Å². The Labute approximate surface area is 180 Å². The van der Waals surface area contributed by atoms with Gasteiger partial charge in [0.1, 0.15) is 5.75 Å². The Balaban J connectivity index is 2.10. The number of hydrogen-bond acceptors (Lipinski definition) is 6. The Morgan fingerprint density at radius 3 is 2.40 bits per heavy atom. The number of hydrogen-bond donors (Lipinski definition) is 0. The maximum Gasteiger partial charge on any atom is 0.206 e. The van der Waals surface area contributed by atoms with Crippen LogP contribution in [0, 0.1) is 0 Å². The minimum atomic E-state index is 0.521. The molecule has 0 radical (unpaired) electrons. The lowest BCUT2D eigenvalue weighted by Gasteiger charge is -2.10. The number of methoxy groups -OCH3 is 3. The molecule has 0 unspecified atom stereocenters. The summed E-state index contributed by atoms with van der Waals surface area (Å²) in [4.78, 5) is 5.39. The van der Waals surface area contributed by atoms with Gasteiger partial charge in [-0.15, -0.1) is 17.9 Å². The minimum Gasteiger partial charge on any atom is -0.497 e. The Morgan fingerprint density at radius 2 is 1.77 bits per heavy atom. The van der Waals surface area contributed by atoms with Gasteiger partial charge in [-0.1, -0.05) is 6.08 Å². The van der Waals surface area contributed by atoms with E-state index in [1.54, 1.807) is 27.4 Å². The number of aromatic nitrogens is 1. The topological polar surface area (TPSA) is 57.3 Å². The van der Waals surface area contributed by atoms with Crippen LogP contribution in [0.2, 0.25) is 0 Å². The van der Waals surface area contributed by atoms with E-state index in [-0.39, 0.29) is 0 Å². The van der Waals surface area contributed by atoms with Crippen LogP contribution in [0.3, 0.4) is 0 Å². The average Bonchev–Trinajstić information content (AvgIpc) is 3.19. The molecule has 30 heavy (non-hydrogen) atoms. The van der Waals surface area contributed by atoms with Crippen molar-refractivity contribution in [3.05, 3.63) is 70.9 Å². The van der Waals surface area contributed by atoms with E-state index in [0.29, 0.717) is 18.0 Å². The van der Waals surface area contributed by atoms with E-state index in [9.17, 15) is 0 Å². The summed E-state index contributed by atoms with van der Waals surface area (Å²) in [5, 5.41) is 6.93. The van der Waals surface area contributed by atoms with Crippen molar-refractivity contribution < 1.29 is 14.2 Å².